The summed E-state index contributed by atoms with van der Waals surface area (Å²) >= 11 is 1.82. The Morgan fingerprint density at radius 2 is 2.04 bits per heavy atom. The molecular weight excluding hydrogens is 377 g/mol. The normalized spacial score (nSPS) is 12.6. The zero-order chi connectivity index (χ0) is 18.6. The van der Waals surface area contributed by atoms with E-state index in [1.807, 2.05) is 0 Å². The van der Waals surface area contributed by atoms with Gasteiger partial charge in [0.05, 0.1) is 12.1 Å². The van der Waals surface area contributed by atoms with E-state index in [9.17, 15) is 22.8 Å². The molecule has 0 radical (unpaired) electrons. The van der Waals surface area contributed by atoms with Crippen LogP contribution < -0.4 is 5.32 Å². The highest BCUT2D eigenvalue weighted by molar-refractivity contribution is 8.00. The Bertz CT molecular complexity index is 777. The summed E-state index contributed by atoms with van der Waals surface area (Å²) < 4.78 is 37.5. The number of hydrogen-bond acceptors (Lipinski definition) is 5. The first kappa shape index (κ1) is 19.3. The van der Waals surface area contributed by atoms with Crippen molar-refractivity contribution >= 4 is 35.0 Å². The van der Waals surface area contributed by atoms with Crippen LogP contribution in [0.5, 0.6) is 0 Å². The minimum atomic E-state index is -4.52. The second-order valence-electron chi connectivity index (χ2n) is 4.90. The van der Waals surface area contributed by atoms with Crippen LogP contribution >= 0.6 is 23.1 Å². The third kappa shape index (κ3) is 5.20. The predicted molar refractivity (Wildman–Crippen MR) is 87.7 cm³/mol. The topological polar surface area (TPSA) is 79.3 Å². The van der Waals surface area contributed by atoms with Crippen molar-refractivity contribution in [3.8, 4) is 0 Å². The van der Waals surface area contributed by atoms with E-state index in [1.165, 1.54) is 13.0 Å². The van der Waals surface area contributed by atoms with E-state index in [1.54, 1.807) is 18.2 Å². The number of hydrogen-bond donors (Lipinski definition) is 2. The van der Waals surface area contributed by atoms with Crippen molar-refractivity contribution in [1.82, 2.24) is 10.3 Å². The number of nitrogens with zero attached hydrogens (tertiary/aromatic N) is 1. The van der Waals surface area contributed by atoms with E-state index >= 15 is 0 Å². The first-order valence-electron chi connectivity index (χ1n) is 6.96. The van der Waals surface area contributed by atoms with Gasteiger partial charge < -0.3 is 10.4 Å². The number of alkyl halides is 3. The van der Waals surface area contributed by atoms with Crippen LogP contribution in [0.25, 0.3) is 0 Å². The van der Waals surface area contributed by atoms with Gasteiger partial charge in [0.1, 0.15) is 10.3 Å². The number of amides is 1. The number of aliphatic carboxylic acids is 1. The average molecular weight is 390 g/mol. The number of benzene rings is 1. The van der Waals surface area contributed by atoms with Crippen molar-refractivity contribution in [3.05, 3.63) is 45.9 Å². The third-order valence-corrected chi connectivity index (χ3v) is 5.04. The standard InChI is InChI=1S/C15H13F3N2O3S2/c1-8(14(22)23)25-10-5-3-2-4-9(10)13(21)19-6-12-20-11(7-24-12)15(16,17)18/h2-5,7-8H,6H2,1H3,(H,19,21)(H,22,23). The van der Waals surface area contributed by atoms with E-state index in [0.29, 0.717) is 4.90 Å². The van der Waals surface area contributed by atoms with Gasteiger partial charge in [-0.15, -0.1) is 23.1 Å². The molecule has 0 saturated heterocycles. The molecule has 1 unspecified atom stereocenters. The van der Waals surface area contributed by atoms with Crippen LogP contribution in [-0.2, 0) is 17.5 Å². The number of thiazole rings is 1. The van der Waals surface area contributed by atoms with Gasteiger partial charge >= 0.3 is 12.1 Å². The van der Waals surface area contributed by atoms with Crippen molar-refractivity contribution in [2.75, 3.05) is 0 Å². The van der Waals surface area contributed by atoms with E-state index in [-0.39, 0.29) is 17.1 Å². The maximum absolute atomic E-state index is 12.5. The monoisotopic (exact) mass is 390 g/mol. The Hall–Kier alpha value is -2.07. The SMILES string of the molecule is CC(Sc1ccccc1C(=O)NCc1nc(C(F)(F)F)cs1)C(=O)O. The van der Waals surface area contributed by atoms with E-state index in [2.05, 4.69) is 10.3 Å². The second-order valence-corrected chi connectivity index (χ2v) is 7.23. The maximum atomic E-state index is 12.5. The lowest BCUT2D eigenvalue weighted by Gasteiger charge is -2.11. The van der Waals surface area contributed by atoms with Gasteiger partial charge in [-0.25, -0.2) is 4.98 Å². The van der Waals surface area contributed by atoms with Gasteiger partial charge in [-0.05, 0) is 19.1 Å². The number of rotatable bonds is 6. The average Bonchev–Trinajstić information content (AvgIpc) is 3.02. The maximum Gasteiger partial charge on any atom is 0.434 e. The predicted octanol–water partition coefficient (Wildman–Crippen LogP) is 3.66. The van der Waals surface area contributed by atoms with Crippen LogP contribution in [0.2, 0.25) is 0 Å². The summed E-state index contributed by atoms with van der Waals surface area (Å²) in [5.41, 5.74) is -0.735. The summed E-state index contributed by atoms with van der Waals surface area (Å²) in [5.74, 6) is -1.52. The molecule has 1 atom stereocenters. The van der Waals surface area contributed by atoms with Gasteiger partial charge in [-0.3, -0.25) is 9.59 Å². The van der Waals surface area contributed by atoms with Crippen molar-refractivity contribution in [2.24, 2.45) is 0 Å². The molecule has 134 valence electrons. The molecule has 0 aliphatic rings. The van der Waals surface area contributed by atoms with Crippen LogP contribution in [0.4, 0.5) is 13.2 Å². The van der Waals surface area contributed by atoms with Gasteiger partial charge in [-0.2, -0.15) is 13.2 Å². The molecule has 0 fully saturated rings. The second kappa shape index (κ2) is 7.87. The van der Waals surface area contributed by atoms with Gasteiger partial charge in [0.2, 0.25) is 0 Å². The minimum Gasteiger partial charge on any atom is -0.480 e. The minimum absolute atomic E-state index is 0.129. The molecule has 0 aliphatic carbocycles. The molecular formula is C15H13F3N2O3S2. The van der Waals surface area contributed by atoms with Crippen molar-refractivity contribution in [3.63, 3.8) is 0 Å². The molecule has 2 aromatic rings. The van der Waals surface area contributed by atoms with Crippen LogP contribution in [0.3, 0.4) is 0 Å². The summed E-state index contributed by atoms with van der Waals surface area (Å²) in [5, 5.41) is 11.7. The fraction of sp³-hybridized carbons (Fsp3) is 0.267. The van der Waals surface area contributed by atoms with Crippen LogP contribution in [-0.4, -0.2) is 27.2 Å². The molecule has 25 heavy (non-hydrogen) atoms. The number of carbonyl (C=O) groups is 2. The Balaban J connectivity index is 2.06. The number of aromatic nitrogens is 1. The van der Waals surface area contributed by atoms with Crippen molar-refractivity contribution in [1.29, 1.82) is 0 Å². The first-order valence-corrected chi connectivity index (χ1v) is 8.72. The Labute approximate surface area is 149 Å². The summed E-state index contributed by atoms with van der Waals surface area (Å²) in [7, 11) is 0. The van der Waals surface area contributed by atoms with Gasteiger partial charge in [-0.1, -0.05) is 12.1 Å². The number of halogens is 3. The van der Waals surface area contributed by atoms with Crippen molar-refractivity contribution < 1.29 is 27.9 Å². The lowest BCUT2D eigenvalue weighted by molar-refractivity contribution is -0.141. The zero-order valence-electron chi connectivity index (χ0n) is 12.8. The highest BCUT2D eigenvalue weighted by atomic mass is 32.2. The summed E-state index contributed by atoms with van der Waals surface area (Å²) in [6.07, 6.45) is -4.52. The van der Waals surface area contributed by atoms with Gasteiger partial charge in [0, 0.05) is 10.3 Å². The Morgan fingerprint density at radius 1 is 1.36 bits per heavy atom. The molecule has 1 aromatic heterocycles. The smallest absolute Gasteiger partial charge is 0.434 e. The van der Waals surface area contributed by atoms with Crippen LogP contribution in [0.15, 0.2) is 34.5 Å². The number of carbonyl (C=O) groups excluding carboxylic acids is 1. The largest absolute Gasteiger partial charge is 0.480 e. The molecule has 2 N–H and O–H groups in total. The fourth-order valence-electron chi connectivity index (χ4n) is 1.77. The Morgan fingerprint density at radius 3 is 2.64 bits per heavy atom. The molecule has 0 aliphatic heterocycles. The fourth-order valence-corrected chi connectivity index (χ4v) is 3.44. The third-order valence-electron chi connectivity index (χ3n) is 3.03. The molecule has 1 heterocycles. The molecule has 0 saturated carbocycles. The molecule has 5 nitrogen and oxygen atoms in total. The molecule has 10 heteroatoms. The number of nitrogens with one attached hydrogen (secondary N) is 1. The quantitative estimate of drug-likeness (QED) is 0.736. The highest BCUT2D eigenvalue weighted by Crippen LogP contribution is 2.30. The number of carboxylic acid groups (broad SMARTS) is 1. The number of carboxylic acids is 1. The van der Waals surface area contributed by atoms with Gasteiger partial charge in [0.15, 0.2) is 5.69 Å². The zero-order valence-corrected chi connectivity index (χ0v) is 14.5. The van der Waals surface area contributed by atoms with E-state index in [0.717, 1.165) is 28.5 Å². The highest BCUT2D eigenvalue weighted by Gasteiger charge is 2.33. The van der Waals surface area contributed by atoms with Crippen molar-refractivity contribution in [2.45, 2.75) is 29.8 Å². The van der Waals surface area contributed by atoms with Crippen LogP contribution in [0, 0.1) is 0 Å². The summed E-state index contributed by atoms with van der Waals surface area (Å²) in [6.45, 7) is 1.35. The summed E-state index contributed by atoms with van der Waals surface area (Å²) in [6, 6.07) is 6.43. The molecule has 1 amide bonds. The molecule has 1 aromatic carbocycles. The lowest BCUT2D eigenvalue weighted by Crippen LogP contribution is -2.24. The summed E-state index contributed by atoms with van der Waals surface area (Å²) in [4.78, 5) is 27.1. The molecule has 2 rings (SSSR count). The van der Waals surface area contributed by atoms with Gasteiger partial charge in [0.25, 0.3) is 5.91 Å². The molecule has 0 bridgehead atoms. The van der Waals surface area contributed by atoms with Crippen LogP contribution in [0.1, 0.15) is 28.0 Å². The molecule has 0 spiro atoms. The Kier molecular flexibility index (Phi) is 6.07. The van der Waals surface area contributed by atoms with E-state index < -0.39 is 29.0 Å². The van der Waals surface area contributed by atoms with E-state index in [4.69, 9.17) is 5.11 Å². The first-order chi connectivity index (χ1) is 11.7. The lowest BCUT2D eigenvalue weighted by atomic mass is 10.2. The number of thioether (sulfide) groups is 1.